The molecule has 1 aliphatic rings. The fourth-order valence-corrected chi connectivity index (χ4v) is 3.11. The van der Waals surface area contributed by atoms with Crippen LogP contribution in [0.1, 0.15) is 76.8 Å². The Labute approximate surface area is 136 Å². The number of hydrogen-bond donors (Lipinski definition) is 0. The molecule has 2 heteroatoms. The molecule has 1 fully saturated rings. The van der Waals surface area contributed by atoms with Crippen LogP contribution in [-0.4, -0.2) is 12.9 Å². The molecular weight excluding hydrogens is 272 g/mol. The molecule has 1 aliphatic heterocycles. The summed E-state index contributed by atoms with van der Waals surface area (Å²) in [7, 11) is 0. The lowest BCUT2D eigenvalue weighted by atomic mass is 9.79. The minimum atomic E-state index is -0.0594. The van der Waals surface area contributed by atoms with E-state index >= 15 is 0 Å². The van der Waals surface area contributed by atoms with E-state index in [1.54, 1.807) is 0 Å². The van der Waals surface area contributed by atoms with Crippen molar-refractivity contribution in [3.05, 3.63) is 29.3 Å². The molecule has 1 unspecified atom stereocenters. The van der Waals surface area contributed by atoms with Crippen molar-refractivity contribution in [1.29, 1.82) is 0 Å². The van der Waals surface area contributed by atoms with Gasteiger partial charge in [0.15, 0.2) is 6.29 Å². The van der Waals surface area contributed by atoms with Crippen molar-refractivity contribution in [1.82, 2.24) is 0 Å². The number of benzene rings is 1. The second-order valence-corrected chi connectivity index (χ2v) is 7.24. The van der Waals surface area contributed by atoms with Crippen molar-refractivity contribution in [2.75, 3.05) is 6.61 Å². The molecule has 1 aromatic rings. The van der Waals surface area contributed by atoms with Crippen LogP contribution in [0.2, 0.25) is 0 Å². The van der Waals surface area contributed by atoms with Crippen LogP contribution in [0.4, 0.5) is 0 Å². The highest BCUT2D eigenvalue weighted by molar-refractivity contribution is 5.39. The zero-order chi connectivity index (χ0) is 16.0. The maximum absolute atomic E-state index is 6.03. The van der Waals surface area contributed by atoms with Gasteiger partial charge in [-0.05, 0) is 48.8 Å². The molecule has 0 bridgehead atoms. The predicted molar refractivity (Wildman–Crippen MR) is 92.6 cm³/mol. The number of aryl methyl sites for hydroxylation is 1. The molecule has 0 spiro atoms. The van der Waals surface area contributed by atoms with Crippen LogP contribution in [0, 0.1) is 6.92 Å². The number of ether oxygens (including phenoxy) is 2. The summed E-state index contributed by atoms with van der Waals surface area (Å²) < 4.78 is 11.7. The fourth-order valence-electron chi connectivity index (χ4n) is 3.11. The third kappa shape index (κ3) is 4.74. The maximum Gasteiger partial charge on any atom is 0.199 e. The summed E-state index contributed by atoms with van der Waals surface area (Å²) in [5.74, 6) is 0.972. The Morgan fingerprint density at radius 3 is 2.68 bits per heavy atom. The van der Waals surface area contributed by atoms with Gasteiger partial charge in [0.25, 0.3) is 0 Å². The van der Waals surface area contributed by atoms with E-state index in [1.165, 1.54) is 43.2 Å². The highest BCUT2D eigenvalue weighted by atomic mass is 16.7. The zero-order valence-electron chi connectivity index (χ0n) is 14.8. The van der Waals surface area contributed by atoms with E-state index in [1.807, 2.05) is 0 Å². The van der Waals surface area contributed by atoms with Crippen molar-refractivity contribution in [3.8, 4) is 5.75 Å². The highest BCUT2D eigenvalue weighted by Crippen LogP contribution is 2.33. The van der Waals surface area contributed by atoms with E-state index in [9.17, 15) is 0 Å². The number of rotatable bonds is 7. The summed E-state index contributed by atoms with van der Waals surface area (Å²) in [6.07, 6.45) is 8.45. The molecule has 1 saturated heterocycles. The Bertz CT molecular complexity index is 459. The summed E-state index contributed by atoms with van der Waals surface area (Å²) in [6, 6.07) is 6.66. The summed E-state index contributed by atoms with van der Waals surface area (Å²) >= 11 is 0. The molecule has 0 N–H and O–H groups in total. The molecule has 0 amide bonds. The van der Waals surface area contributed by atoms with Gasteiger partial charge in [0.1, 0.15) is 5.75 Å². The Balaban J connectivity index is 2.01. The van der Waals surface area contributed by atoms with Gasteiger partial charge in [-0.1, -0.05) is 52.2 Å². The Morgan fingerprint density at radius 2 is 2.05 bits per heavy atom. The Kier molecular flexibility index (Phi) is 6.31. The lowest BCUT2D eigenvalue weighted by Crippen LogP contribution is -2.25. The van der Waals surface area contributed by atoms with Gasteiger partial charge in [-0.25, -0.2) is 0 Å². The van der Waals surface area contributed by atoms with Crippen molar-refractivity contribution < 1.29 is 9.47 Å². The Hall–Kier alpha value is -1.02. The van der Waals surface area contributed by atoms with Crippen LogP contribution in [0.15, 0.2) is 18.2 Å². The van der Waals surface area contributed by atoms with Crippen LogP contribution in [0.25, 0.3) is 0 Å². The van der Waals surface area contributed by atoms with Crippen molar-refractivity contribution in [2.24, 2.45) is 0 Å². The van der Waals surface area contributed by atoms with Gasteiger partial charge in [-0.2, -0.15) is 0 Å². The number of hydrogen-bond acceptors (Lipinski definition) is 2. The van der Waals surface area contributed by atoms with Crippen molar-refractivity contribution in [3.63, 3.8) is 0 Å². The molecule has 0 radical (unpaired) electrons. The monoisotopic (exact) mass is 304 g/mol. The summed E-state index contributed by atoms with van der Waals surface area (Å²) in [6.45, 7) is 9.93. The molecule has 124 valence electrons. The van der Waals surface area contributed by atoms with Crippen molar-refractivity contribution in [2.45, 2.75) is 84.3 Å². The highest BCUT2D eigenvalue weighted by Gasteiger charge is 2.22. The van der Waals surface area contributed by atoms with Crippen LogP contribution in [0.5, 0.6) is 5.75 Å². The molecule has 0 aromatic heterocycles. The average Bonchev–Trinajstić information content (AvgIpc) is 2.50. The average molecular weight is 304 g/mol. The minimum absolute atomic E-state index is 0.0594. The Morgan fingerprint density at radius 1 is 1.23 bits per heavy atom. The largest absolute Gasteiger partial charge is 0.465 e. The first kappa shape index (κ1) is 17.3. The van der Waals surface area contributed by atoms with Crippen LogP contribution in [-0.2, 0) is 10.2 Å². The van der Waals surface area contributed by atoms with E-state index in [4.69, 9.17) is 9.47 Å². The SMILES string of the molecule is CCCCCC(C)(C)c1ccc(OC2CCCCO2)c(C)c1. The van der Waals surface area contributed by atoms with E-state index in [2.05, 4.69) is 45.9 Å². The molecule has 0 saturated carbocycles. The summed E-state index contributed by atoms with van der Waals surface area (Å²) in [4.78, 5) is 0. The molecule has 2 rings (SSSR count). The molecule has 1 heterocycles. The molecule has 0 aliphatic carbocycles. The second-order valence-electron chi connectivity index (χ2n) is 7.24. The minimum Gasteiger partial charge on any atom is -0.465 e. The zero-order valence-corrected chi connectivity index (χ0v) is 14.8. The lowest BCUT2D eigenvalue weighted by molar-refractivity contribution is -0.106. The van der Waals surface area contributed by atoms with Crippen LogP contribution >= 0.6 is 0 Å². The van der Waals surface area contributed by atoms with Crippen LogP contribution in [0.3, 0.4) is 0 Å². The third-order valence-corrected chi connectivity index (χ3v) is 4.76. The first-order chi connectivity index (χ1) is 10.5. The lowest BCUT2D eigenvalue weighted by Gasteiger charge is -2.28. The fraction of sp³-hybridized carbons (Fsp3) is 0.700. The van der Waals surface area contributed by atoms with E-state index in [-0.39, 0.29) is 11.7 Å². The predicted octanol–water partition coefficient (Wildman–Crippen LogP) is 5.76. The molecular formula is C20H32O2. The van der Waals surface area contributed by atoms with Gasteiger partial charge in [0, 0.05) is 6.42 Å². The first-order valence-corrected chi connectivity index (χ1v) is 8.92. The van der Waals surface area contributed by atoms with Crippen molar-refractivity contribution >= 4 is 0 Å². The van der Waals surface area contributed by atoms with E-state index < -0.39 is 0 Å². The molecule has 2 nitrogen and oxygen atoms in total. The first-order valence-electron chi connectivity index (χ1n) is 8.92. The maximum atomic E-state index is 6.03. The normalized spacial score (nSPS) is 19.2. The second kappa shape index (κ2) is 8.01. The summed E-state index contributed by atoms with van der Waals surface area (Å²) in [5.41, 5.74) is 2.87. The van der Waals surface area contributed by atoms with Gasteiger partial charge in [-0.3, -0.25) is 0 Å². The van der Waals surface area contributed by atoms with E-state index in [0.717, 1.165) is 25.2 Å². The van der Waals surface area contributed by atoms with Gasteiger partial charge in [0.2, 0.25) is 0 Å². The number of unbranched alkanes of at least 4 members (excludes halogenated alkanes) is 2. The van der Waals surface area contributed by atoms with Gasteiger partial charge in [0.05, 0.1) is 6.61 Å². The van der Waals surface area contributed by atoms with Crippen LogP contribution < -0.4 is 4.74 Å². The molecule has 1 atom stereocenters. The smallest absolute Gasteiger partial charge is 0.199 e. The molecule has 22 heavy (non-hydrogen) atoms. The summed E-state index contributed by atoms with van der Waals surface area (Å²) in [5, 5.41) is 0. The topological polar surface area (TPSA) is 18.5 Å². The van der Waals surface area contributed by atoms with Gasteiger partial charge in [-0.15, -0.1) is 0 Å². The standard InChI is InChI=1S/C20H32O2/c1-5-6-8-13-20(3,4)17-11-12-18(16(2)15-17)22-19-10-7-9-14-21-19/h11-12,15,19H,5-10,13-14H2,1-4H3. The third-order valence-electron chi connectivity index (χ3n) is 4.76. The van der Waals surface area contributed by atoms with Gasteiger partial charge >= 0.3 is 0 Å². The van der Waals surface area contributed by atoms with E-state index in [0.29, 0.717) is 0 Å². The quantitative estimate of drug-likeness (QED) is 0.596. The molecule has 1 aromatic carbocycles. The van der Waals surface area contributed by atoms with Gasteiger partial charge < -0.3 is 9.47 Å².